The molecule has 0 bridgehead atoms. The average Bonchev–Trinajstić information content (AvgIpc) is 2.88. The van der Waals surface area contributed by atoms with Crippen LogP contribution in [0, 0.1) is 0 Å². The SMILES string of the molecule is C1=C2COc3ccccc3[C@@H]2N2CSC[C@H]12. The van der Waals surface area contributed by atoms with Crippen LogP contribution in [0.1, 0.15) is 11.6 Å². The summed E-state index contributed by atoms with van der Waals surface area (Å²) in [6.45, 7) is 0.777. The molecule has 1 aromatic rings. The lowest BCUT2D eigenvalue weighted by molar-refractivity contribution is 0.229. The highest BCUT2D eigenvalue weighted by Crippen LogP contribution is 2.47. The highest BCUT2D eigenvalue weighted by Gasteiger charge is 2.41. The Morgan fingerprint density at radius 3 is 3.25 bits per heavy atom. The van der Waals surface area contributed by atoms with Crippen LogP contribution in [-0.2, 0) is 0 Å². The number of hydrogen-bond acceptors (Lipinski definition) is 3. The van der Waals surface area contributed by atoms with E-state index in [0.29, 0.717) is 12.1 Å². The number of ether oxygens (including phenoxy) is 1. The second-order valence-corrected chi connectivity index (χ2v) is 5.55. The molecule has 0 amide bonds. The minimum atomic E-state index is 0.491. The van der Waals surface area contributed by atoms with Crippen LogP contribution in [0.25, 0.3) is 0 Å². The zero-order chi connectivity index (χ0) is 10.5. The maximum atomic E-state index is 5.80. The fourth-order valence-corrected chi connectivity index (χ4v) is 4.12. The lowest BCUT2D eigenvalue weighted by Crippen LogP contribution is -2.31. The molecule has 0 radical (unpaired) electrons. The van der Waals surface area contributed by atoms with Gasteiger partial charge < -0.3 is 4.74 Å². The Bertz CT molecular complexity index is 471. The summed E-state index contributed by atoms with van der Waals surface area (Å²) in [6, 6.07) is 9.59. The van der Waals surface area contributed by atoms with Gasteiger partial charge in [0.1, 0.15) is 12.4 Å². The molecule has 0 N–H and O–H groups in total. The van der Waals surface area contributed by atoms with Crippen molar-refractivity contribution in [1.82, 2.24) is 4.90 Å². The molecule has 0 unspecified atom stereocenters. The first-order valence-electron chi connectivity index (χ1n) is 5.69. The van der Waals surface area contributed by atoms with Gasteiger partial charge in [0, 0.05) is 23.2 Å². The van der Waals surface area contributed by atoms with Crippen LogP contribution in [0.15, 0.2) is 35.9 Å². The third kappa shape index (κ3) is 1.13. The maximum absolute atomic E-state index is 5.80. The van der Waals surface area contributed by atoms with E-state index < -0.39 is 0 Å². The summed E-state index contributed by atoms with van der Waals surface area (Å²) >= 11 is 2.04. The first-order valence-corrected chi connectivity index (χ1v) is 6.85. The fraction of sp³-hybridized carbons (Fsp3) is 0.385. The van der Waals surface area contributed by atoms with Crippen molar-refractivity contribution >= 4 is 11.8 Å². The van der Waals surface area contributed by atoms with Gasteiger partial charge in [-0.3, -0.25) is 4.90 Å². The predicted molar refractivity (Wildman–Crippen MR) is 65.7 cm³/mol. The number of benzene rings is 1. The molecule has 82 valence electrons. The van der Waals surface area contributed by atoms with Crippen LogP contribution in [0.3, 0.4) is 0 Å². The van der Waals surface area contributed by atoms with Crippen molar-refractivity contribution in [3.8, 4) is 5.75 Å². The number of fused-ring (bicyclic) bond motifs is 5. The second kappa shape index (κ2) is 3.28. The summed E-state index contributed by atoms with van der Waals surface area (Å²) in [5, 5.41) is 0. The van der Waals surface area contributed by atoms with Crippen molar-refractivity contribution in [1.29, 1.82) is 0 Å². The number of hydrogen-bond donors (Lipinski definition) is 0. The molecule has 16 heavy (non-hydrogen) atoms. The van der Waals surface area contributed by atoms with E-state index in [0.717, 1.165) is 18.2 Å². The van der Waals surface area contributed by atoms with E-state index in [1.807, 2.05) is 11.8 Å². The van der Waals surface area contributed by atoms with Crippen LogP contribution < -0.4 is 4.74 Å². The summed E-state index contributed by atoms with van der Waals surface area (Å²) in [7, 11) is 0. The largest absolute Gasteiger partial charge is 0.489 e. The topological polar surface area (TPSA) is 12.5 Å². The Hall–Kier alpha value is -0.930. The Morgan fingerprint density at radius 1 is 1.31 bits per heavy atom. The Kier molecular flexibility index (Phi) is 1.87. The van der Waals surface area contributed by atoms with Crippen LogP contribution in [0.2, 0.25) is 0 Å². The number of nitrogens with zero attached hydrogens (tertiary/aromatic N) is 1. The summed E-state index contributed by atoms with van der Waals surface area (Å²) in [5.74, 6) is 3.47. The number of rotatable bonds is 0. The minimum absolute atomic E-state index is 0.491. The van der Waals surface area contributed by atoms with E-state index in [2.05, 4.69) is 35.2 Å². The van der Waals surface area contributed by atoms with Gasteiger partial charge in [-0.15, -0.1) is 11.8 Å². The van der Waals surface area contributed by atoms with Crippen molar-refractivity contribution in [2.75, 3.05) is 18.2 Å². The highest BCUT2D eigenvalue weighted by atomic mass is 32.2. The Morgan fingerprint density at radius 2 is 2.25 bits per heavy atom. The van der Waals surface area contributed by atoms with Gasteiger partial charge in [-0.1, -0.05) is 24.3 Å². The summed E-state index contributed by atoms with van der Waals surface area (Å²) in [5.41, 5.74) is 2.81. The van der Waals surface area contributed by atoms with E-state index in [9.17, 15) is 0 Å². The molecule has 2 atom stereocenters. The third-order valence-electron chi connectivity index (χ3n) is 3.65. The first kappa shape index (κ1) is 9.14. The van der Waals surface area contributed by atoms with Gasteiger partial charge in [-0.2, -0.15) is 0 Å². The lowest BCUT2D eigenvalue weighted by Gasteiger charge is -2.31. The molecule has 0 saturated carbocycles. The normalized spacial score (nSPS) is 31.4. The molecule has 0 aliphatic carbocycles. The molecule has 3 aliphatic rings. The third-order valence-corrected chi connectivity index (χ3v) is 4.71. The summed E-state index contributed by atoms with van der Waals surface area (Å²) in [4.78, 5) is 2.60. The van der Waals surface area contributed by atoms with Crippen LogP contribution in [0.4, 0.5) is 0 Å². The summed E-state index contributed by atoms with van der Waals surface area (Å²) in [6.07, 6.45) is 2.42. The van der Waals surface area contributed by atoms with E-state index in [1.54, 1.807) is 0 Å². The summed E-state index contributed by atoms with van der Waals surface area (Å²) < 4.78 is 5.80. The van der Waals surface area contributed by atoms with Gasteiger partial charge in [-0.05, 0) is 11.6 Å². The first-order chi connectivity index (χ1) is 7.93. The Labute approximate surface area is 99.3 Å². The number of para-hydroxylation sites is 1. The standard InChI is InChI=1S/C13H13NOS/c1-2-4-12-11(3-1)13-9(6-15-12)5-10-7-16-8-14(10)13/h1-5,10,13H,6-8H2/t10-,13+/m0/s1. The van der Waals surface area contributed by atoms with Crippen molar-refractivity contribution in [3.63, 3.8) is 0 Å². The van der Waals surface area contributed by atoms with Crippen LogP contribution in [-0.4, -0.2) is 29.2 Å². The fourth-order valence-electron chi connectivity index (χ4n) is 2.94. The van der Waals surface area contributed by atoms with Crippen molar-refractivity contribution in [3.05, 3.63) is 41.5 Å². The van der Waals surface area contributed by atoms with Gasteiger partial charge in [0.05, 0.1) is 6.04 Å². The van der Waals surface area contributed by atoms with E-state index in [4.69, 9.17) is 4.74 Å². The molecule has 3 heteroatoms. The van der Waals surface area contributed by atoms with Gasteiger partial charge in [-0.25, -0.2) is 0 Å². The van der Waals surface area contributed by atoms with Crippen LogP contribution >= 0.6 is 11.8 Å². The van der Waals surface area contributed by atoms with Crippen molar-refractivity contribution in [2.45, 2.75) is 12.1 Å². The zero-order valence-electron chi connectivity index (χ0n) is 8.93. The van der Waals surface area contributed by atoms with Gasteiger partial charge in [0.25, 0.3) is 0 Å². The Balaban J connectivity index is 1.84. The minimum Gasteiger partial charge on any atom is -0.489 e. The molecule has 2 nitrogen and oxygen atoms in total. The van der Waals surface area contributed by atoms with Crippen LogP contribution in [0.5, 0.6) is 5.75 Å². The molecule has 3 heterocycles. The molecule has 1 aromatic carbocycles. The quantitative estimate of drug-likeness (QED) is 0.636. The number of thioether (sulfide) groups is 1. The van der Waals surface area contributed by atoms with Gasteiger partial charge >= 0.3 is 0 Å². The van der Waals surface area contributed by atoms with Gasteiger partial charge in [0.2, 0.25) is 0 Å². The van der Waals surface area contributed by atoms with E-state index in [1.165, 1.54) is 16.9 Å². The van der Waals surface area contributed by atoms with Gasteiger partial charge in [0.15, 0.2) is 0 Å². The highest BCUT2D eigenvalue weighted by molar-refractivity contribution is 7.99. The second-order valence-electron chi connectivity index (χ2n) is 4.55. The molecule has 0 spiro atoms. The maximum Gasteiger partial charge on any atom is 0.124 e. The molecule has 1 fully saturated rings. The molecular formula is C13H13NOS. The molecule has 1 saturated heterocycles. The van der Waals surface area contributed by atoms with E-state index >= 15 is 0 Å². The van der Waals surface area contributed by atoms with Crippen molar-refractivity contribution < 1.29 is 4.74 Å². The monoisotopic (exact) mass is 231 g/mol. The zero-order valence-corrected chi connectivity index (χ0v) is 9.74. The predicted octanol–water partition coefficient (Wildman–Crippen LogP) is 2.44. The smallest absolute Gasteiger partial charge is 0.124 e. The average molecular weight is 231 g/mol. The molecular weight excluding hydrogens is 218 g/mol. The lowest BCUT2D eigenvalue weighted by atomic mass is 9.97. The van der Waals surface area contributed by atoms with E-state index in [-0.39, 0.29) is 0 Å². The molecule has 0 aromatic heterocycles. The molecule has 4 rings (SSSR count). The molecule has 3 aliphatic heterocycles. The van der Waals surface area contributed by atoms with Crippen molar-refractivity contribution in [2.24, 2.45) is 0 Å².